The molecule has 0 radical (unpaired) electrons. The van der Waals surface area contributed by atoms with Crippen molar-refractivity contribution in [3.8, 4) is 0 Å². The maximum Gasteiger partial charge on any atom is 0.434 e. The van der Waals surface area contributed by atoms with E-state index in [2.05, 4.69) is 33.9 Å². The molecule has 1 heterocycles. The normalized spacial score (nSPS) is 19.9. The fourth-order valence-corrected chi connectivity index (χ4v) is 3.76. The summed E-state index contributed by atoms with van der Waals surface area (Å²) in [5.74, 6) is -0.398. The van der Waals surface area contributed by atoms with Crippen LogP contribution >= 0.6 is 0 Å². The number of nitrogens with zero attached hydrogens (tertiary/aromatic N) is 1. The average molecular weight is 424 g/mol. The lowest BCUT2D eigenvalue weighted by Crippen LogP contribution is -2.42. The third-order valence-electron chi connectivity index (χ3n) is 5.58. The van der Waals surface area contributed by atoms with Gasteiger partial charge in [-0.05, 0) is 23.7 Å². The third kappa shape index (κ3) is 6.55. The minimum absolute atomic E-state index is 0.0491. The van der Waals surface area contributed by atoms with Gasteiger partial charge < -0.3 is 13.9 Å². The third-order valence-corrected chi connectivity index (χ3v) is 10.1. The van der Waals surface area contributed by atoms with Crippen molar-refractivity contribution in [2.75, 3.05) is 13.7 Å². The maximum absolute atomic E-state index is 12.6. The molecule has 0 aromatic heterocycles. The van der Waals surface area contributed by atoms with Crippen molar-refractivity contribution < 1.29 is 28.3 Å². The van der Waals surface area contributed by atoms with Crippen LogP contribution in [0.3, 0.4) is 0 Å². The summed E-state index contributed by atoms with van der Waals surface area (Å²) in [6.45, 7) is 11.3. The van der Waals surface area contributed by atoms with Crippen LogP contribution in [-0.2, 0) is 30.1 Å². The monoisotopic (exact) mass is 423 g/mol. The molecule has 0 aliphatic carbocycles. The van der Waals surface area contributed by atoms with Crippen LogP contribution in [0.2, 0.25) is 18.1 Å². The molecule has 1 fully saturated rings. The van der Waals surface area contributed by atoms with E-state index >= 15 is 0 Å². The zero-order valence-corrected chi connectivity index (χ0v) is 19.3. The molecule has 1 saturated heterocycles. The molecule has 0 spiro atoms. The quantitative estimate of drug-likeness (QED) is 0.481. The van der Waals surface area contributed by atoms with Gasteiger partial charge in [0.25, 0.3) is 0 Å². The van der Waals surface area contributed by atoms with Gasteiger partial charge in [0, 0.05) is 6.42 Å². The first-order valence-corrected chi connectivity index (χ1v) is 12.8. The average Bonchev–Trinajstić information content (AvgIpc) is 3.07. The molecule has 2 rings (SSSR count). The molecule has 1 aromatic rings. The number of carbonyl (C=O) groups excluding carboxylic acids is 2. The van der Waals surface area contributed by atoms with Crippen molar-refractivity contribution in [3.63, 3.8) is 0 Å². The summed E-state index contributed by atoms with van der Waals surface area (Å²) >= 11 is 0. The van der Waals surface area contributed by atoms with Gasteiger partial charge in [-0.2, -0.15) is 5.06 Å². The van der Waals surface area contributed by atoms with Crippen molar-refractivity contribution in [2.24, 2.45) is 0 Å². The molecule has 29 heavy (non-hydrogen) atoms. The maximum atomic E-state index is 12.6. The summed E-state index contributed by atoms with van der Waals surface area (Å²) < 4.78 is 16.4. The summed E-state index contributed by atoms with van der Waals surface area (Å²) in [6, 6.07) is 8.96. The molecule has 1 aliphatic heterocycles. The number of carbonyl (C=O) groups is 2. The molecule has 8 heteroatoms. The number of esters is 1. The lowest BCUT2D eigenvalue weighted by molar-refractivity contribution is -0.157. The molecule has 0 bridgehead atoms. The van der Waals surface area contributed by atoms with Crippen LogP contribution in [0.25, 0.3) is 0 Å². The van der Waals surface area contributed by atoms with E-state index in [4.69, 9.17) is 18.7 Å². The second kappa shape index (κ2) is 9.73. The molecular weight excluding hydrogens is 390 g/mol. The molecule has 0 saturated carbocycles. The molecule has 2 unspecified atom stereocenters. The number of ether oxygens (including phenoxy) is 2. The van der Waals surface area contributed by atoms with E-state index in [1.165, 1.54) is 12.2 Å². The van der Waals surface area contributed by atoms with Gasteiger partial charge in [0.15, 0.2) is 8.32 Å². The van der Waals surface area contributed by atoms with Gasteiger partial charge in [0.1, 0.15) is 12.7 Å². The Morgan fingerprint density at radius 1 is 1.21 bits per heavy atom. The van der Waals surface area contributed by atoms with Gasteiger partial charge in [-0.1, -0.05) is 51.1 Å². The van der Waals surface area contributed by atoms with Crippen LogP contribution in [0.1, 0.15) is 39.2 Å². The zero-order chi connectivity index (χ0) is 21.7. The molecule has 1 aliphatic rings. The van der Waals surface area contributed by atoms with Crippen molar-refractivity contribution in [1.29, 1.82) is 0 Å². The highest BCUT2D eigenvalue weighted by Gasteiger charge is 2.42. The van der Waals surface area contributed by atoms with Crippen molar-refractivity contribution >= 4 is 20.4 Å². The number of hydroxylamine groups is 2. The second-order valence-corrected chi connectivity index (χ2v) is 13.6. The van der Waals surface area contributed by atoms with Crippen LogP contribution < -0.4 is 0 Å². The molecule has 7 nitrogen and oxygen atoms in total. The highest BCUT2D eigenvalue weighted by Crippen LogP contribution is 2.37. The molecular formula is C21H33NO6Si. The van der Waals surface area contributed by atoms with Gasteiger partial charge in [0.05, 0.1) is 26.2 Å². The van der Waals surface area contributed by atoms with Crippen LogP contribution in [0.5, 0.6) is 0 Å². The number of hydrogen-bond donors (Lipinski definition) is 0. The van der Waals surface area contributed by atoms with E-state index in [0.29, 0.717) is 13.0 Å². The van der Waals surface area contributed by atoms with E-state index in [1.54, 1.807) is 0 Å². The topological polar surface area (TPSA) is 74.3 Å². The molecule has 1 amide bonds. The van der Waals surface area contributed by atoms with E-state index in [9.17, 15) is 9.59 Å². The lowest BCUT2D eigenvalue weighted by atomic mass is 10.1. The number of amides is 1. The number of hydrogen-bond acceptors (Lipinski definition) is 6. The summed E-state index contributed by atoms with van der Waals surface area (Å²) in [5, 5.41) is 1.24. The Kier molecular flexibility index (Phi) is 7.84. The van der Waals surface area contributed by atoms with E-state index in [0.717, 1.165) is 5.56 Å². The summed E-state index contributed by atoms with van der Waals surface area (Å²) in [7, 11) is -0.621. The summed E-state index contributed by atoms with van der Waals surface area (Å²) in [5.41, 5.74) is 0.877. The Morgan fingerprint density at radius 2 is 1.86 bits per heavy atom. The predicted octanol–water partition coefficient (Wildman–Crippen LogP) is 4.28. The number of rotatable bonds is 7. The van der Waals surface area contributed by atoms with Crippen molar-refractivity contribution in [2.45, 2.75) is 70.5 Å². The Bertz CT molecular complexity index is 688. The highest BCUT2D eigenvalue weighted by atomic mass is 28.4. The SMILES string of the molecule is COC(=O)CC1CC(CO[Si](C)(C)C(C)(C)C)ON1C(=O)OCc1ccccc1. The van der Waals surface area contributed by atoms with Crippen LogP contribution in [0, 0.1) is 0 Å². The smallest absolute Gasteiger partial charge is 0.434 e. The van der Waals surface area contributed by atoms with Gasteiger partial charge in [-0.15, -0.1) is 0 Å². The van der Waals surface area contributed by atoms with Crippen LogP contribution in [-0.4, -0.2) is 51.3 Å². The zero-order valence-electron chi connectivity index (χ0n) is 18.3. The van der Waals surface area contributed by atoms with Gasteiger partial charge in [-0.3, -0.25) is 9.63 Å². The standard InChI is InChI=1S/C21H33NO6Si/c1-21(2,3)29(5,6)27-15-18-12-17(13-19(23)25-4)22(28-18)20(24)26-14-16-10-8-7-9-11-16/h7-11,17-18H,12-15H2,1-6H3. The lowest BCUT2D eigenvalue weighted by Gasteiger charge is -2.36. The predicted molar refractivity (Wildman–Crippen MR) is 112 cm³/mol. The first-order chi connectivity index (χ1) is 13.5. The molecule has 1 aromatic carbocycles. The number of benzene rings is 1. The minimum atomic E-state index is -1.95. The van der Waals surface area contributed by atoms with E-state index < -0.39 is 26.4 Å². The Hall–Kier alpha value is -1.90. The van der Waals surface area contributed by atoms with Crippen molar-refractivity contribution in [1.82, 2.24) is 5.06 Å². The molecule has 162 valence electrons. The molecule has 2 atom stereocenters. The fourth-order valence-electron chi connectivity index (χ4n) is 2.72. The number of methoxy groups -OCH3 is 1. The Balaban J connectivity index is 1.99. The van der Waals surface area contributed by atoms with Crippen LogP contribution in [0.4, 0.5) is 4.79 Å². The van der Waals surface area contributed by atoms with E-state index in [-0.39, 0.29) is 24.2 Å². The van der Waals surface area contributed by atoms with Gasteiger partial charge in [-0.25, -0.2) is 4.79 Å². The Labute approximate surface area is 174 Å². The Morgan fingerprint density at radius 3 is 2.45 bits per heavy atom. The largest absolute Gasteiger partial charge is 0.469 e. The van der Waals surface area contributed by atoms with Gasteiger partial charge >= 0.3 is 12.1 Å². The summed E-state index contributed by atoms with van der Waals surface area (Å²) in [4.78, 5) is 30.2. The van der Waals surface area contributed by atoms with Crippen molar-refractivity contribution in [3.05, 3.63) is 35.9 Å². The second-order valence-electron chi connectivity index (χ2n) is 8.83. The molecule has 0 N–H and O–H groups in total. The fraction of sp³-hybridized carbons (Fsp3) is 0.619. The summed E-state index contributed by atoms with van der Waals surface area (Å²) in [6.07, 6.45) is -0.391. The highest BCUT2D eigenvalue weighted by molar-refractivity contribution is 6.74. The minimum Gasteiger partial charge on any atom is -0.469 e. The van der Waals surface area contributed by atoms with Crippen LogP contribution in [0.15, 0.2) is 30.3 Å². The first kappa shape index (κ1) is 23.4. The van der Waals surface area contributed by atoms with Gasteiger partial charge in [0.2, 0.25) is 0 Å². The first-order valence-electron chi connectivity index (χ1n) is 9.91. The van der Waals surface area contributed by atoms with E-state index in [1.807, 2.05) is 30.3 Å².